The van der Waals surface area contributed by atoms with Crippen LogP contribution in [0.2, 0.25) is 5.02 Å². The average molecular weight is 306 g/mol. The van der Waals surface area contributed by atoms with Crippen molar-refractivity contribution in [2.75, 3.05) is 31.1 Å². The number of halogens is 1. The summed E-state index contributed by atoms with van der Waals surface area (Å²) in [6.45, 7) is 4.03. The third kappa shape index (κ3) is 2.98. The second kappa shape index (κ2) is 6.18. The Bertz CT molecular complexity index is 547. The Labute approximate surface area is 130 Å². The zero-order chi connectivity index (χ0) is 14.8. The molecule has 1 unspecified atom stereocenters. The molecule has 21 heavy (non-hydrogen) atoms. The number of piperidine rings is 1. The van der Waals surface area contributed by atoms with Gasteiger partial charge in [0.05, 0.1) is 5.56 Å². The highest BCUT2D eigenvalue weighted by atomic mass is 35.5. The van der Waals surface area contributed by atoms with E-state index in [0.29, 0.717) is 22.7 Å². The molecule has 3 heterocycles. The number of nitrogens with zero attached hydrogens (tertiary/aromatic N) is 4. The van der Waals surface area contributed by atoms with Crippen LogP contribution in [0.3, 0.4) is 0 Å². The van der Waals surface area contributed by atoms with Crippen LogP contribution in [0.4, 0.5) is 5.82 Å². The molecule has 2 N–H and O–H groups in total. The maximum absolute atomic E-state index is 9.07. The molecule has 2 aliphatic rings. The summed E-state index contributed by atoms with van der Waals surface area (Å²) in [5, 5.41) is 9.54. The zero-order valence-electron chi connectivity index (χ0n) is 12.0. The highest BCUT2D eigenvalue weighted by Gasteiger charge is 2.31. The molecule has 6 heteroatoms. The summed E-state index contributed by atoms with van der Waals surface area (Å²) in [7, 11) is 0. The average Bonchev–Trinajstić information content (AvgIpc) is 2.98. The minimum atomic E-state index is 0.363. The van der Waals surface area contributed by atoms with Crippen molar-refractivity contribution in [3.8, 4) is 6.07 Å². The van der Waals surface area contributed by atoms with Crippen LogP contribution in [0.15, 0.2) is 12.3 Å². The van der Waals surface area contributed by atoms with Gasteiger partial charge in [-0.25, -0.2) is 4.98 Å². The van der Waals surface area contributed by atoms with Gasteiger partial charge in [0.25, 0.3) is 0 Å². The maximum Gasteiger partial charge on any atom is 0.148 e. The van der Waals surface area contributed by atoms with Crippen LogP contribution in [0.25, 0.3) is 0 Å². The molecular weight excluding hydrogens is 286 g/mol. The Morgan fingerprint density at radius 1 is 1.29 bits per heavy atom. The van der Waals surface area contributed by atoms with Crippen LogP contribution in [0.1, 0.15) is 24.8 Å². The summed E-state index contributed by atoms with van der Waals surface area (Å²) in [6, 6.07) is 4.68. The lowest BCUT2D eigenvalue weighted by molar-refractivity contribution is 0.163. The second-order valence-electron chi connectivity index (χ2n) is 5.87. The summed E-state index contributed by atoms with van der Waals surface area (Å²) in [5.74, 6) is 0.743. The van der Waals surface area contributed by atoms with Gasteiger partial charge in [-0.05, 0) is 38.4 Å². The quantitative estimate of drug-likeness (QED) is 0.899. The molecule has 0 spiro atoms. The largest absolute Gasteiger partial charge is 0.354 e. The van der Waals surface area contributed by atoms with Crippen molar-refractivity contribution in [2.24, 2.45) is 5.73 Å². The summed E-state index contributed by atoms with van der Waals surface area (Å²) >= 11 is 6.28. The fourth-order valence-electron chi connectivity index (χ4n) is 3.26. The Morgan fingerprint density at radius 2 is 2.05 bits per heavy atom. The molecule has 2 fully saturated rings. The number of anilines is 1. The van der Waals surface area contributed by atoms with Gasteiger partial charge in [-0.3, -0.25) is 4.90 Å². The summed E-state index contributed by atoms with van der Waals surface area (Å²) in [5.41, 5.74) is 6.47. The first-order valence-corrected chi connectivity index (χ1v) is 7.86. The first-order valence-electron chi connectivity index (χ1n) is 7.48. The van der Waals surface area contributed by atoms with E-state index in [9.17, 15) is 0 Å². The van der Waals surface area contributed by atoms with E-state index in [1.807, 2.05) is 0 Å². The Hall–Kier alpha value is -1.35. The molecule has 112 valence electrons. The predicted molar refractivity (Wildman–Crippen MR) is 83.4 cm³/mol. The van der Waals surface area contributed by atoms with Gasteiger partial charge in [0.15, 0.2) is 0 Å². The molecule has 0 aliphatic carbocycles. The van der Waals surface area contributed by atoms with Crippen molar-refractivity contribution in [3.63, 3.8) is 0 Å². The number of rotatable bonds is 2. The number of hydrogen-bond acceptors (Lipinski definition) is 5. The molecule has 0 aromatic carbocycles. The van der Waals surface area contributed by atoms with Crippen molar-refractivity contribution in [2.45, 2.75) is 31.3 Å². The molecule has 2 saturated heterocycles. The van der Waals surface area contributed by atoms with Crippen molar-refractivity contribution in [1.29, 1.82) is 5.26 Å². The summed E-state index contributed by atoms with van der Waals surface area (Å²) in [4.78, 5) is 9.09. The van der Waals surface area contributed by atoms with Crippen molar-refractivity contribution >= 4 is 17.4 Å². The van der Waals surface area contributed by atoms with Crippen LogP contribution in [-0.4, -0.2) is 48.1 Å². The molecule has 3 rings (SSSR count). The second-order valence-corrected chi connectivity index (χ2v) is 6.25. The molecule has 5 nitrogen and oxygen atoms in total. The lowest BCUT2D eigenvalue weighted by Crippen LogP contribution is -2.46. The zero-order valence-corrected chi connectivity index (χ0v) is 12.8. The van der Waals surface area contributed by atoms with Crippen LogP contribution >= 0.6 is 11.6 Å². The van der Waals surface area contributed by atoms with E-state index >= 15 is 0 Å². The number of pyridine rings is 1. The van der Waals surface area contributed by atoms with Crippen molar-refractivity contribution in [1.82, 2.24) is 9.88 Å². The van der Waals surface area contributed by atoms with Gasteiger partial charge < -0.3 is 10.6 Å². The molecule has 0 saturated carbocycles. The fourth-order valence-corrected chi connectivity index (χ4v) is 3.53. The SMILES string of the molecule is N#Cc1ccnc(N2CCC(N3CCC(N)CC3)C2)c1Cl. The minimum absolute atomic E-state index is 0.363. The monoisotopic (exact) mass is 305 g/mol. The first-order chi connectivity index (χ1) is 10.2. The van der Waals surface area contributed by atoms with Gasteiger partial charge in [0, 0.05) is 31.4 Å². The third-order valence-corrected chi connectivity index (χ3v) is 4.92. The minimum Gasteiger partial charge on any atom is -0.354 e. The van der Waals surface area contributed by atoms with E-state index in [1.54, 1.807) is 12.3 Å². The van der Waals surface area contributed by atoms with Crippen LogP contribution < -0.4 is 10.6 Å². The van der Waals surface area contributed by atoms with Crippen LogP contribution in [0, 0.1) is 11.3 Å². The van der Waals surface area contributed by atoms with Gasteiger partial charge in [0.1, 0.15) is 16.9 Å². The van der Waals surface area contributed by atoms with Gasteiger partial charge >= 0.3 is 0 Å². The molecule has 0 amide bonds. The third-order valence-electron chi connectivity index (χ3n) is 4.54. The van der Waals surface area contributed by atoms with Gasteiger partial charge in [0.2, 0.25) is 0 Å². The highest BCUT2D eigenvalue weighted by molar-refractivity contribution is 6.34. The van der Waals surface area contributed by atoms with E-state index in [-0.39, 0.29) is 0 Å². The normalized spacial score (nSPS) is 24.2. The molecular formula is C15H20ClN5. The number of likely N-dealkylation sites (tertiary alicyclic amines) is 1. The number of aromatic nitrogens is 1. The molecule has 2 aliphatic heterocycles. The van der Waals surface area contributed by atoms with Gasteiger partial charge in [-0.2, -0.15) is 5.26 Å². The number of hydrogen-bond donors (Lipinski definition) is 1. The van der Waals surface area contributed by atoms with E-state index in [1.165, 1.54) is 0 Å². The molecule has 0 radical (unpaired) electrons. The van der Waals surface area contributed by atoms with E-state index in [4.69, 9.17) is 22.6 Å². The van der Waals surface area contributed by atoms with Gasteiger partial charge in [-0.1, -0.05) is 11.6 Å². The van der Waals surface area contributed by atoms with Crippen molar-refractivity contribution < 1.29 is 0 Å². The van der Waals surface area contributed by atoms with Gasteiger partial charge in [-0.15, -0.1) is 0 Å². The maximum atomic E-state index is 9.07. The van der Waals surface area contributed by atoms with E-state index < -0.39 is 0 Å². The number of nitriles is 1. The Kier molecular flexibility index (Phi) is 4.29. The standard InChI is InChI=1S/C15H20ClN5/c16-14-11(9-17)1-5-19-15(14)21-8-4-13(10-21)20-6-2-12(18)3-7-20/h1,5,12-13H,2-4,6-8,10,18H2. The first kappa shape index (κ1) is 14.6. The Morgan fingerprint density at radius 3 is 2.76 bits per heavy atom. The van der Waals surface area contributed by atoms with Crippen LogP contribution in [0.5, 0.6) is 0 Å². The highest BCUT2D eigenvalue weighted by Crippen LogP contribution is 2.30. The van der Waals surface area contributed by atoms with Crippen molar-refractivity contribution in [3.05, 3.63) is 22.8 Å². The molecule has 1 atom stereocenters. The molecule has 1 aromatic heterocycles. The topological polar surface area (TPSA) is 69.2 Å². The smallest absolute Gasteiger partial charge is 0.148 e. The van der Waals surface area contributed by atoms with Crippen LogP contribution in [-0.2, 0) is 0 Å². The number of nitrogens with two attached hydrogens (primary N) is 1. The molecule has 0 bridgehead atoms. The summed E-state index contributed by atoms with van der Waals surface area (Å²) in [6.07, 6.45) is 4.94. The lowest BCUT2D eigenvalue weighted by Gasteiger charge is -2.34. The predicted octanol–water partition coefficient (Wildman–Crippen LogP) is 1.61. The van der Waals surface area contributed by atoms with E-state index in [0.717, 1.165) is 51.3 Å². The van der Waals surface area contributed by atoms with E-state index in [2.05, 4.69) is 20.9 Å². The summed E-state index contributed by atoms with van der Waals surface area (Å²) < 4.78 is 0. The Balaban J connectivity index is 1.69. The molecule has 1 aromatic rings. The fraction of sp³-hybridized carbons (Fsp3) is 0.600. The lowest BCUT2D eigenvalue weighted by atomic mass is 10.0.